The molecule has 0 spiro atoms. The summed E-state index contributed by atoms with van der Waals surface area (Å²) in [6, 6.07) is 21.3. The molecule has 0 saturated heterocycles. The van der Waals surface area contributed by atoms with Crippen LogP contribution in [0.1, 0.15) is 39.9 Å². The van der Waals surface area contributed by atoms with Crippen LogP contribution in [0, 0.1) is 5.92 Å². The SMILES string of the molecule is COC(=O)c1ccc2c(c1)C1C=CCC1C(c1ccc3ccccc3c1)N2. The maximum Gasteiger partial charge on any atom is 0.337 e. The Bertz CT molecular complexity index is 1070. The number of nitrogens with one attached hydrogen (secondary N) is 1. The molecule has 3 aromatic rings. The van der Waals surface area contributed by atoms with Crippen molar-refractivity contribution in [1.29, 1.82) is 0 Å². The lowest BCUT2D eigenvalue weighted by Crippen LogP contribution is -2.29. The Hall–Kier alpha value is -3.07. The molecule has 0 radical (unpaired) electrons. The molecule has 134 valence electrons. The molecule has 3 atom stereocenters. The molecule has 0 fully saturated rings. The van der Waals surface area contributed by atoms with Crippen LogP contribution in [0.2, 0.25) is 0 Å². The third kappa shape index (κ3) is 2.62. The van der Waals surface area contributed by atoms with E-state index in [0.717, 1.165) is 12.1 Å². The molecule has 1 N–H and O–H groups in total. The topological polar surface area (TPSA) is 38.3 Å². The molecule has 0 bridgehead atoms. The number of hydrogen-bond donors (Lipinski definition) is 1. The second-order valence-corrected chi connectivity index (χ2v) is 7.38. The van der Waals surface area contributed by atoms with Gasteiger partial charge in [-0.15, -0.1) is 0 Å². The number of fused-ring (bicyclic) bond motifs is 4. The highest BCUT2D eigenvalue weighted by Gasteiger charge is 2.38. The molecule has 0 aromatic heterocycles. The van der Waals surface area contributed by atoms with Crippen molar-refractivity contribution in [3.8, 4) is 0 Å². The normalized spacial score (nSPS) is 22.8. The largest absolute Gasteiger partial charge is 0.465 e. The van der Waals surface area contributed by atoms with Crippen molar-refractivity contribution in [3.05, 3.63) is 89.5 Å². The Morgan fingerprint density at radius 3 is 2.74 bits per heavy atom. The molecular weight excluding hydrogens is 334 g/mol. The third-order valence-electron chi connectivity index (χ3n) is 5.92. The van der Waals surface area contributed by atoms with E-state index in [2.05, 4.69) is 59.9 Å². The van der Waals surface area contributed by atoms with Gasteiger partial charge in [0.05, 0.1) is 18.7 Å². The van der Waals surface area contributed by atoms with E-state index >= 15 is 0 Å². The van der Waals surface area contributed by atoms with Crippen molar-refractivity contribution in [1.82, 2.24) is 0 Å². The number of benzene rings is 3. The number of rotatable bonds is 2. The summed E-state index contributed by atoms with van der Waals surface area (Å²) in [5, 5.41) is 6.28. The highest BCUT2D eigenvalue weighted by Crippen LogP contribution is 2.50. The van der Waals surface area contributed by atoms with Gasteiger partial charge < -0.3 is 10.1 Å². The van der Waals surface area contributed by atoms with Crippen LogP contribution in [0.25, 0.3) is 10.8 Å². The molecule has 1 aliphatic carbocycles. The average molecular weight is 355 g/mol. The zero-order chi connectivity index (χ0) is 18.4. The van der Waals surface area contributed by atoms with E-state index in [1.54, 1.807) is 0 Å². The summed E-state index contributed by atoms with van der Waals surface area (Å²) in [4.78, 5) is 11.9. The van der Waals surface area contributed by atoms with E-state index < -0.39 is 0 Å². The second-order valence-electron chi connectivity index (χ2n) is 7.38. The molecule has 1 aliphatic heterocycles. The Morgan fingerprint density at radius 1 is 1.04 bits per heavy atom. The van der Waals surface area contributed by atoms with Crippen LogP contribution in [0.3, 0.4) is 0 Å². The summed E-state index contributed by atoms with van der Waals surface area (Å²) in [7, 11) is 1.42. The summed E-state index contributed by atoms with van der Waals surface area (Å²) in [5.41, 5.74) is 4.22. The lowest BCUT2D eigenvalue weighted by atomic mass is 9.76. The fourth-order valence-corrected chi connectivity index (χ4v) is 4.57. The highest BCUT2D eigenvalue weighted by molar-refractivity contribution is 5.90. The smallest absolute Gasteiger partial charge is 0.337 e. The molecule has 3 unspecified atom stereocenters. The van der Waals surface area contributed by atoms with Gasteiger partial charge in [0.2, 0.25) is 0 Å². The van der Waals surface area contributed by atoms with Crippen molar-refractivity contribution in [2.24, 2.45) is 5.92 Å². The van der Waals surface area contributed by atoms with Crippen LogP contribution in [-0.4, -0.2) is 13.1 Å². The minimum absolute atomic E-state index is 0.256. The van der Waals surface area contributed by atoms with E-state index in [-0.39, 0.29) is 12.0 Å². The predicted octanol–water partition coefficient (Wildman–Crippen LogP) is 5.45. The summed E-state index contributed by atoms with van der Waals surface area (Å²) >= 11 is 0. The van der Waals surface area contributed by atoms with Crippen LogP contribution in [-0.2, 0) is 4.74 Å². The van der Waals surface area contributed by atoms with Gasteiger partial charge >= 0.3 is 5.97 Å². The van der Waals surface area contributed by atoms with Crippen LogP contribution < -0.4 is 5.32 Å². The van der Waals surface area contributed by atoms with Gasteiger partial charge in [-0.25, -0.2) is 4.79 Å². The fraction of sp³-hybridized carbons (Fsp3) is 0.208. The zero-order valence-electron chi connectivity index (χ0n) is 15.2. The molecule has 3 heteroatoms. The zero-order valence-corrected chi connectivity index (χ0v) is 15.2. The van der Waals surface area contributed by atoms with Crippen LogP contribution in [0.5, 0.6) is 0 Å². The number of anilines is 1. The number of methoxy groups -OCH3 is 1. The van der Waals surface area contributed by atoms with Crippen molar-refractivity contribution < 1.29 is 9.53 Å². The van der Waals surface area contributed by atoms with Gasteiger partial charge in [-0.05, 0) is 58.5 Å². The van der Waals surface area contributed by atoms with E-state index in [9.17, 15) is 4.79 Å². The summed E-state index contributed by atoms with van der Waals surface area (Å²) in [5.74, 6) is 0.488. The Morgan fingerprint density at radius 2 is 1.89 bits per heavy atom. The van der Waals surface area contributed by atoms with Crippen molar-refractivity contribution in [3.63, 3.8) is 0 Å². The summed E-state index contributed by atoms with van der Waals surface area (Å²) in [6.07, 6.45) is 5.60. The first kappa shape index (κ1) is 16.1. The maximum atomic E-state index is 11.9. The molecule has 1 heterocycles. The van der Waals surface area contributed by atoms with Gasteiger partial charge in [-0.3, -0.25) is 0 Å². The first-order chi connectivity index (χ1) is 13.2. The van der Waals surface area contributed by atoms with Gasteiger partial charge in [0.1, 0.15) is 0 Å². The van der Waals surface area contributed by atoms with E-state index in [0.29, 0.717) is 17.4 Å². The molecule has 0 saturated carbocycles. The first-order valence-corrected chi connectivity index (χ1v) is 9.39. The molecule has 2 aliphatic rings. The van der Waals surface area contributed by atoms with Gasteiger partial charge in [-0.1, -0.05) is 48.6 Å². The Labute approximate surface area is 158 Å². The first-order valence-electron chi connectivity index (χ1n) is 9.39. The third-order valence-corrected chi connectivity index (χ3v) is 5.92. The van der Waals surface area contributed by atoms with Gasteiger partial charge in [0, 0.05) is 11.6 Å². The minimum atomic E-state index is -0.284. The average Bonchev–Trinajstić information content (AvgIpc) is 3.22. The van der Waals surface area contributed by atoms with Crippen molar-refractivity contribution in [2.75, 3.05) is 12.4 Å². The maximum absolute atomic E-state index is 11.9. The molecule has 0 amide bonds. The lowest BCUT2D eigenvalue weighted by Gasteiger charge is -2.37. The summed E-state index contributed by atoms with van der Waals surface area (Å²) in [6.45, 7) is 0. The number of esters is 1. The number of ether oxygens (including phenoxy) is 1. The quantitative estimate of drug-likeness (QED) is 0.490. The molecule has 27 heavy (non-hydrogen) atoms. The predicted molar refractivity (Wildman–Crippen MR) is 108 cm³/mol. The van der Waals surface area contributed by atoms with Crippen LogP contribution in [0.15, 0.2) is 72.8 Å². The van der Waals surface area contributed by atoms with Crippen molar-refractivity contribution in [2.45, 2.75) is 18.4 Å². The highest BCUT2D eigenvalue weighted by atomic mass is 16.5. The number of carbonyl (C=O) groups excluding carboxylic acids is 1. The minimum Gasteiger partial charge on any atom is -0.465 e. The Kier molecular flexibility index (Phi) is 3.75. The lowest BCUT2D eigenvalue weighted by molar-refractivity contribution is 0.0600. The Balaban J connectivity index is 1.57. The molecule has 3 aromatic carbocycles. The monoisotopic (exact) mass is 355 g/mol. The van der Waals surface area contributed by atoms with E-state index in [1.165, 1.54) is 29.0 Å². The molecule has 3 nitrogen and oxygen atoms in total. The van der Waals surface area contributed by atoms with Gasteiger partial charge in [0.25, 0.3) is 0 Å². The van der Waals surface area contributed by atoms with Crippen LogP contribution in [0.4, 0.5) is 5.69 Å². The van der Waals surface area contributed by atoms with Gasteiger partial charge in [-0.2, -0.15) is 0 Å². The second kappa shape index (κ2) is 6.27. The number of hydrogen-bond acceptors (Lipinski definition) is 3. The number of carbonyl (C=O) groups is 1. The van der Waals surface area contributed by atoms with E-state index in [1.807, 2.05) is 18.2 Å². The standard InChI is InChI=1S/C24H21NO2/c1-27-24(26)18-11-12-22-21(14-18)19-7-4-8-20(19)23(25-22)17-10-9-15-5-2-3-6-16(15)13-17/h2-7,9-14,19-20,23,25H,8H2,1H3. The van der Waals surface area contributed by atoms with E-state index in [4.69, 9.17) is 4.74 Å². The fourth-order valence-electron chi connectivity index (χ4n) is 4.57. The summed E-state index contributed by atoms with van der Waals surface area (Å²) < 4.78 is 4.89. The van der Waals surface area contributed by atoms with Crippen molar-refractivity contribution >= 4 is 22.4 Å². The molecular formula is C24H21NO2. The number of allylic oxidation sites excluding steroid dienone is 2. The van der Waals surface area contributed by atoms with Gasteiger partial charge in [0.15, 0.2) is 0 Å². The van der Waals surface area contributed by atoms with Crippen LogP contribution >= 0.6 is 0 Å². The molecule has 5 rings (SSSR count).